The molecule has 0 unspecified atom stereocenters. The Morgan fingerprint density at radius 3 is 2.18 bits per heavy atom. The zero-order chi connectivity index (χ0) is 31.3. The summed E-state index contributed by atoms with van der Waals surface area (Å²) in [6.45, 7) is 8.13. The number of carbonyl (C=O) groups excluding carboxylic acids is 3. The van der Waals surface area contributed by atoms with E-state index in [0.717, 1.165) is 28.0 Å². The van der Waals surface area contributed by atoms with E-state index in [2.05, 4.69) is 26.1 Å². The smallest absolute Gasteiger partial charge is 0.308 e. The van der Waals surface area contributed by atoms with E-state index in [-0.39, 0.29) is 34.6 Å². The van der Waals surface area contributed by atoms with Gasteiger partial charge in [0.2, 0.25) is 17.7 Å². The number of nitrogens with one attached hydrogen (secondary N) is 1. The van der Waals surface area contributed by atoms with Gasteiger partial charge in [-0.05, 0) is 59.9 Å². The Morgan fingerprint density at radius 2 is 1.57 bits per heavy atom. The number of nitrogens with zero attached hydrogens (tertiary/aromatic N) is 2. The Labute approximate surface area is 264 Å². The van der Waals surface area contributed by atoms with Crippen LogP contribution in [0.5, 0.6) is 5.75 Å². The highest BCUT2D eigenvalue weighted by Crippen LogP contribution is 2.54. The zero-order valence-corrected chi connectivity index (χ0v) is 26.8. The van der Waals surface area contributed by atoms with Crippen molar-refractivity contribution in [3.63, 3.8) is 0 Å². The first-order chi connectivity index (χ1) is 21.0. The van der Waals surface area contributed by atoms with Gasteiger partial charge in [-0.25, -0.2) is 4.90 Å². The molecule has 1 N–H and O–H groups in total. The molecule has 2 aliphatic heterocycles. The molecule has 44 heavy (non-hydrogen) atoms. The molecule has 3 aromatic carbocycles. The minimum atomic E-state index is -0.742. The van der Waals surface area contributed by atoms with E-state index in [4.69, 9.17) is 4.74 Å². The summed E-state index contributed by atoms with van der Waals surface area (Å²) in [5.74, 6) is -1.52. The van der Waals surface area contributed by atoms with Gasteiger partial charge in [0.15, 0.2) is 0 Å². The maximum atomic E-state index is 14.1. The normalized spacial score (nSPS) is 19.5. The van der Waals surface area contributed by atoms with Crippen LogP contribution in [0, 0.1) is 12.8 Å². The Bertz CT molecular complexity index is 1800. The van der Waals surface area contributed by atoms with E-state index >= 15 is 0 Å². The van der Waals surface area contributed by atoms with Crippen molar-refractivity contribution >= 4 is 52.2 Å². The van der Waals surface area contributed by atoms with Crippen molar-refractivity contribution in [2.45, 2.75) is 55.8 Å². The number of amides is 3. The molecule has 0 aliphatic carbocycles. The van der Waals surface area contributed by atoms with Crippen LogP contribution in [-0.2, 0) is 26.3 Å². The third-order valence-electron chi connectivity index (χ3n) is 8.15. The Kier molecular flexibility index (Phi) is 7.75. The molecule has 1 fully saturated rings. The number of carbonyl (C=O) groups is 3. The number of aryl methyl sites for hydroxylation is 1. The summed E-state index contributed by atoms with van der Waals surface area (Å²) in [7, 11) is 1.57. The summed E-state index contributed by atoms with van der Waals surface area (Å²) in [4.78, 5) is 56.3. The standard InChI is InChI=1S/C34H33N3O5S2/c1-19-6-14-23(15-7-19)37-30(39)27-26(20-8-10-21(11-9-20)34(2,3)4)29-32(43-28(27)31(37)40)36(33(41)44-29)18-25(38)35-22-12-16-24(42-5)17-13-22/h6-17,26-28H,18H2,1-5H3,(H,35,38)/t26-,27+,28-/m0/s1. The molecule has 226 valence electrons. The molecule has 0 bridgehead atoms. The summed E-state index contributed by atoms with van der Waals surface area (Å²) in [6.07, 6.45) is 0. The average Bonchev–Trinajstić information content (AvgIpc) is 3.43. The van der Waals surface area contributed by atoms with E-state index in [9.17, 15) is 19.2 Å². The van der Waals surface area contributed by atoms with Gasteiger partial charge in [-0.2, -0.15) is 0 Å². The van der Waals surface area contributed by atoms with Crippen molar-refractivity contribution in [1.29, 1.82) is 0 Å². The molecule has 3 amide bonds. The van der Waals surface area contributed by atoms with Gasteiger partial charge in [-0.3, -0.25) is 23.7 Å². The predicted octanol–water partition coefficient (Wildman–Crippen LogP) is 5.96. The second-order valence-electron chi connectivity index (χ2n) is 12.2. The van der Waals surface area contributed by atoms with E-state index in [0.29, 0.717) is 27.0 Å². The predicted molar refractivity (Wildman–Crippen MR) is 174 cm³/mol. The van der Waals surface area contributed by atoms with Gasteiger partial charge in [0.25, 0.3) is 0 Å². The first kappa shape index (κ1) is 29.9. The van der Waals surface area contributed by atoms with Crippen LogP contribution in [-0.4, -0.2) is 34.6 Å². The molecule has 6 rings (SSSR count). The number of benzene rings is 3. The van der Waals surface area contributed by atoms with Gasteiger partial charge >= 0.3 is 4.87 Å². The van der Waals surface area contributed by atoms with Gasteiger partial charge in [0.05, 0.1) is 23.7 Å². The van der Waals surface area contributed by atoms with Crippen molar-refractivity contribution in [3.05, 3.63) is 104 Å². The van der Waals surface area contributed by atoms with Crippen LogP contribution in [0.15, 0.2) is 82.6 Å². The maximum Gasteiger partial charge on any atom is 0.308 e. The fourth-order valence-electron chi connectivity index (χ4n) is 5.77. The summed E-state index contributed by atoms with van der Waals surface area (Å²) >= 11 is 2.25. The Balaban J connectivity index is 1.40. The van der Waals surface area contributed by atoms with Crippen LogP contribution in [0.4, 0.5) is 11.4 Å². The molecule has 8 nitrogen and oxygen atoms in total. The van der Waals surface area contributed by atoms with E-state index < -0.39 is 17.1 Å². The van der Waals surface area contributed by atoms with Crippen molar-refractivity contribution < 1.29 is 19.1 Å². The Hall–Kier alpha value is -4.15. The molecule has 3 heterocycles. The summed E-state index contributed by atoms with van der Waals surface area (Å²) in [5.41, 5.74) is 4.05. The SMILES string of the molecule is COc1ccc(NC(=O)Cn2c3c(sc2=O)[C@@H](c2ccc(C(C)(C)C)cc2)[C@H]2C(=O)N(c4ccc(C)cc4)C(=O)[C@H]2S3)cc1. The third-order valence-corrected chi connectivity index (χ3v) is 10.8. The van der Waals surface area contributed by atoms with Gasteiger partial charge in [-0.15, -0.1) is 0 Å². The number of rotatable bonds is 6. The Morgan fingerprint density at radius 1 is 0.909 bits per heavy atom. The molecular weight excluding hydrogens is 595 g/mol. The van der Waals surface area contributed by atoms with Crippen molar-refractivity contribution in [1.82, 2.24) is 4.57 Å². The number of anilines is 2. The van der Waals surface area contributed by atoms with Crippen LogP contribution < -0.4 is 19.8 Å². The summed E-state index contributed by atoms with van der Waals surface area (Å²) in [6, 6.07) is 22.4. The molecule has 0 spiro atoms. The molecule has 0 saturated carbocycles. The molecule has 1 aromatic heterocycles. The largest absolute Gasteiger partial charge is 0.497 e. The lowest BCUT2D eigenvalue weighted by Crippen LogP contribution is -2.33. The van der Waals surface area contributed by atoms with Crippen LogP contribution in [0.25, 0.3) is 0 Å². The highest BCUT2D eigenvalue weighted by atomic mass is 32.2. The number of hydrogen-bond acceptors (Lipinski definition) is 7. The number of methoxy groups -OCH3 is 1. The minimum Gasteiger partial charge on any atom is -0.497 e. The summed E-state index contributed by atoms with van der Waals surface area (Å²) in [5, 5.41) is 2.65. The molecule has 10 heteroatoms. The van der Waals surface area contributed by atoms with Gasteiger partial charge in [0.1, 0.15) is 17.5 Å². The highest BCUT2D eigenvalue weighted by Gasteiger charge is 2.56. The lowest BCUT2D eigenvalue weighted by Gasteiger charge is -2.31. The van der Waals surface area contributed by atoms with Gasteiger partial charge in [-0.1, -0.05) is 85.8 Å². The van der Waals surface area contributed by atoms with Crippen LogP contribution in [0.2, 0.25) is 0 Å². The lowest BCUT2D eigenvalue weighted by atomic mass is 9.81. The summed E-state index contributed by atoms with van der Waals surface area (Å²) < 4.78 is 6.62. The first-order valence-corrected chi connectivity index (χ1v) is 16.0. The number of hydrogen-bond donors (Lipinski definition) is 1. The zero-order valence-electron chi connectivity index (χ0n) is 25.1. The number of aromatic nitrogens is 1. The molecule has 1 saturated heterocycles. The maximum absolute atomic E-state index is 14.1. The number of fused-ring (bicyclic) bond motifs is 2. The lowest BCUT2D eigenvalue weighted by molar-refractivity contribution is -0.122. The van der Waals surface area contributed by atoms with Crippen LogP contribution in [0.3, 0.4) is 0 Å². The van der Waals surface area contributed by atoms with E-state index in [1.807, 2.05) is 43.3 Å². The van der Waals surface area contributed by atoms with Crippen LogP contribution >= 0.6 is 23.1 Å². The van der Waals surface area contributed by atoms with Gasteiger partial charge in [0, 0.05) is 16.5 Å². The number of ether oxygens (including phenoxy) is 1. The van der Waals surface area contributed by atoms with Crippen LogP contribution in [0.1, 0.15) is 48.3 Å². The average molecular weight is 628 g/mol. The number of thiazole rings is 1. The second-order valence-corrected chi connectivity index (χ2v) is 14.3. The second kappa shape index (κ2) is 11.4. The fourth-order valence-corrected chi connectivity index (χ4v) is 8.54. The van der Waals surface area contributed by atoms with E-state index in [1.165, 1.54) is 21.2 Å². The number of thioether (sulfide) groups is 1. The molecular formula is C34H33N3O5S2. The van der Waals surface area contributed by atoms with Crippen molar-refractivity contribution in [2.24, 2.45) is 5.92 Å². The first-order valence-electron chi connectivity index (χ1n) is 14.4. The van der Waals surface area contributed by atoms with Crippen molar-refractivity contribution in [2.75, 3.05) is 17.3 Å². The third kappa shape index (κ3) is 5.37. The molecule has 0 radical (unpaired) electrons. The molecule has 3 atom stereocenters. The monoisotopic (exact) mass is 627 g/mol. The fraction of sp³-hybridized carbons (Fsp3) is 0.294. The minimum absolute atomic E-state index is 0.0680. The van der Waals surface area contributed by atoms with Crippen molar-refractivity contribution in [3.8, 4) is 5.75 Å². The van der Waals surface area contributed by atoms with Gasteiger partial charge < -0.3 is 10.1 Å². The molecule has 4 aromatic rings. The highest BCUT2D eigenvalue weighted by molar-refractivity contribution is 8.00. The number of imide groups is 1. The quantitative estimate of drug-likeness (QED) is 0.265. The molecule has 2 aliphatic rings. The topological polar surface area (TPSA) is 97.7 Å². The van der Waals surface area contributed by atoms with E-state index in [1.54, 1.807) is 43.5 Å².